The maximum atomic E-state index is 12.8. The fraction of sp³-hybridized carbons (Fsp3) is 0.0667. The summed E-state index contributed by atoms with van der Waals surface area (Å²) in [7, 11) is 0. The summed E-state index contributed by atoms with van der Waals surface area (Å²) in [5.41, 5.74) is 7.01. The number of benzene rings is 2. The maximum absolute atomic E-state index is 12.8. The van der Waals surface area contributed by atoms with Gasteiger partial charge in [-0.05, 0) is 51.8 Å². The molecule has 5 nitrogen and oxygen atoms in total. The van der Waals surface area contributed by atoms with E-state index < -0.39 is 0 Å². The second kappa shape index (κ2) is 6.15. The lowest BCUT2D eigenvalue weighted by Gasteiger charge is -2.09. The van der Waals surface area contributed by atoms with Gasteiger partial charge in [-0.1, -0.05) is 17.2 Å². The second-order valence-corrected chi connectivity index (χ2v) is 5.36. The third-order valence-corrected chi connectivity index (χ3v) is 3.55. The summed E-state index contributed by atoms with van der Waals surface area (Å²) < 4.78 is 24.4. The normalized spacial score (nSPS) is 10.6. The zero-order valence-electron chi connectivity index (χ0n) is 11.3. The average molecular weight is 364 g/mol. The van der Waals surface area contributed by atoms with Gasteiger partial charge in [0.05, 0.1) is 4.47 Å². The van der Waals surface area contributed by atoms with Crippen molar-refractivity contribution >= 4 is 21.9 Å². The van der Waals surface area contributed by atoms with Crippen molar-refractivity contribution < 1.29 is 13.5 Å². The highest BCUT2D eigenvalue weighted by molar-refractivity contribution is 9.10. The van der Waals surface area contributed by atoms with Crippen LogP contribution in [-0.2, 0) is 6.61 Å². The van der Waals surface area contributed by atoms with E-state index in [2.05, 4.69) is 26.1 Å². The van der Waals surface area contributed by atoms with E-state index in [1.54, 1.807) is 30.3 Å². The molecule has 7 heteroatoms. The Morgan fingerprint density at radius 3 is 2.55 bits per heavy atom. The smallest absolute Gasteiger partial charge is 0.313 e. The van der Waals surface area contributed by atoms with Crippen LogP contribution in [0.3, 0.4) is 0 Å². The fourth-order valence-corrected chi connectivity index (χ4v) is 2.34. The van der Waals surface area contributed by atoms with E-state index >= 15 is 0 Å². The molecule has 0 radical (unpaired) electrons. The molecule has 0 spiro atoms. The van der Waals surface area contributed by atoms with Crippen molar-refractivity contribution in [1.29, 1.82) is 0 Å². The highest BCUT2D eigenvalue weighted by atomic mass is 79.9. The second-order valence-electron chi connectivity index (χ2n) is 4.51. The monoisotopic (exact) mass is 363 g/mol. The van der Waals surface area contributed by atoms with Gasteiger partial charge in [0.15, 0.2) is 0 Å². The quantitative estimate of drug-likeness (QED) is 0.762. The number of halogens is 2. The molecule has 3 aromatic rings. The highest BCUT2D eigenvalue weighted by Crippen LogP contribution is 2.31. The van der Waals surface area contributed by atoms with Crippen molar-refractivity contribution in [2.24, 2.45) is 0 Å². The molecule has 0 saturated heterocycles. The number of nitrogens with two attached hydrogens (primary N) is 1. The zero-order valence-corrected chi connectivity index (χ0v) is 12.9. The van der Waals surface area contributed by atoms with E-state index in [0.717, 1.165) is 15.6 Å². The van der Waals surface area contributed by atoms with Gasteiger partial charge in [0.1, 0.15) is 18.2 Å². The molecule has 3 rings (SSSR count). The number of hydrogen-bond acceptors (Lipinski definition) is 5. The Morgan fingerprint density at radius 2 is 1.91 bits per heavy atom. The van der Waals surface area contributed by atoms with Gasteiger partial charge in [0, 0.05) is 5.56 Å². The molecule has 0 amide bonds. The molecule has 112 valence electrons. The SMILES string of the molecule is Nc1nnc(-c2ccc(OCc3ccc(F)cc3)c(Br)c2)o1. The van der Waals surface area contributed by atoms with Crippen molar-refractivity contribution in [3.05, 3.63) is 58.3 Å². The molecule has 22 heavy (non-hydrogen) atoms. The molecule has 0 atom stereocenters. The highest BCUT2D eigenvalue weighted by Gasteiger charge is 2.10. The van der Waals surface area contributed by atoms with Crippen LogP contribution in [0.5, 0.6) is 5.75 Å². The lowest BCUT2D eigenvalue weighted by Crippen LogP contribution is -1.96. The van der Waals surface area contributed by atoms with E-state index in [-0.39, 0.29) is 11.8 Å². The number of anilines is 1. The summed E-state index contributed by atoms with van der Waals surface area (Å²) in [5, 5.41) is 7.43. The summed E-state index contributed by atoms with van der Waals surface area (Å²) in [6.45, 7) is 0.339. The Balaban J connectivity index is 1.73. The summed E-state index contributed by atoms with van der Waals surface area (Å²) >= 11 is 3.43. The van der Waals surface area contributed by atoms with Crippen molar-refractivity contribution in [3.63, 3.8) is 0 Å². The molecule has 1 aromatic heterocycles. The van der Waals surface area contributed by atoms with Crippen LogP contribution in [0.2, 0.25) is 0 Å². The molecule has 2 aromatic carbocycles. The van der Waals surface area contributed by atoms with Crippen molar-refractivity contribution in [2.45, 2.75) is 6.61 Å². The molecule has 0 aliphatic heterocycles. The number of nitrogens with zero attached hydrogens (tertiary/aromatic N) is 2. The molecule has 0 unspecified atom stereocenters. The van der Waals surface area contributed by atoms with Crippen LogP contribution in [-0.4, -0.2) is 10.2 Å². The van der Waals surface area contributed by atoms with E-state index in [1.165, 1.54) is 12.1 Å². The van der Waals surface area contributed by atoms with E-state index in [1.807, 2.05) is 0 Å². The molecule has 1 heterocycles. The van der Waals surface area contributed by atoms with Crippen LogP contribution in [0.25, 0.3) is 11.5 Å². The first kappa shape index (κ1) is 14.5. The van der Waals surface area contributed by atoms with Crippen LogP contribution in [0.1, 0.15) is 5.56 Å². The number of ether oxygens (including phenoxy) is 1. The largest absolute Gasteiger partial charge is 0.488 e. The minimum absolute atomic E-state index is 0.0164. The molecule has 0 bridgehead atoms. The molecule has 0 saturated carbocycles. The van der Waals surface area contributed by atoms with Gasteiger partial charge in [-0.2, -0.15) is 0 Å². The fourth-order valence-electron chi connectivity index (χ4n) is 1.84. The van der Waals surface area contributed by atoms with Crippen molar-refractivity contribution in [2.75, 3.05) is 5.73 Å². The van der Waals surface area contributed by atoms with Crippen molar-refractivity contribution in [3.8, 4) is 17.2 Å². The molecular weight excluding hydrogens is 353 g/mol. The topological polar surface area (TPSA) is 74.2 Å². The Labute approximate surface area is 134 Å². The van der Waals surface area contributed by atoms with Gasteiger partial charge >= 0.3 is 6.01 Å². The predicted octanol–water partition coefficient (Wildman–Crippen LogP) is 3.80. The van der Waals surface area contributed by atoms with E-state index in [4.69, 9.17) is 14.9 Å². The van der Waals surface area contributed by atoms with Gasteiger partial charge in [-0.25, -0.2) is 4.39 Å². The standard InChI is InChI=1S/C15H11BrFN3O2/c16-12-7-10(14-19-20-15(18)22-14)3-6-13(12)21-8-9-1-4-11(17)5-2-9/h1-7H,8H2,(H2,18,20). The van der Waals surface area contributed by atoms with E-state index in [0.29, 0.717) is 18.2 Å². The summed E-state index contributed by atoms with van der Waals surface area (Å²) in [5.74, 6) is 0.719. The number of aromatic nitrogens is 2. The van der Waals surface area contributed by atoms with Crippen LogP contribution >= 0.6 is 15.9 Å². The lowest BCUT2D eigenvalue weighted by molar-refractivity contribution is 0.304. The van der Waals surface area contributed by atoms with Gasteiger partial charge in [0.2, 0.25) is 5.89 Å². The first-order chi connectivity index (χ1) is 10.6. The third kappa shape index (κ3) is 3.25. The molecule has 0 aliphatic rings. The first-order valence-electron chi connectivity index (χ1n) is 6.38. The van der Waals surface area contributed by atoms with Crippen LogP contribution in [0, 0.1) is 5.82 Å². The first-order valence-corrected chi connectivity index (χ1v) is 7.17. The number of rotatable bonds is 4. The van der Waals surface area contributed by atoms with Gasteiger partial charge in [0.25, 0.3) is 0 Å². The minimum atomic E-state index is -0.270. The summed E-state index contributed by atoms with van der Waals surface area (Å²) in [6, 6.07) is 11.5. The third-order valence-electron chi connectivity index (χ3n) is 2.93. The Bertz CT molecular complexity index is 790. The Hall–Kier alpha value is -2.41. The molecule has 2 N–H and O–H groups in total. The number of nitrogen functional groups attached to an aromatic ring is 1. The lowest BCUT2D eigenvalue weighted by atomic mass is 10.2. The molecular formula is C15H11BrFN3O2. The Kier molecular flexibility index (Phi) is 4.06. The van der Waals surface area contributed by atoms with Gasteiger partial charge in [-0.15, -0.1) is 5.10 Å². The predicted molar refractivity (Wildman–Crippen MR) is 82.6 cm³/mol. The van der Waals surface area contributed by atoms with E-state index in [9.17, 15) is 4.39 Å². The van der Waals surface area contributed by atoms with Crippen LogP contribution < -0.4 is 10.5 Å². The zero-order chi connectivity index (χ0) is 15.5. The van der Waals surface area contributed by atoms with Gasteiger partial charge < -0.3 is 14.9 Å². The Morgan fingerprint density at radius 1 is 1.14 bits per heavy atom. The molecule has 0 fully saturated rings. The maximum Gasteiger partial charge on any atom is 0.313 e. The van der Waals surface area contributed by atoms with Gasteiger partial charge in [-0.3, -0.25) is 0 Å². The minimum Gasteiger partial charge on any atom is -0.488 e. The van der Waals surface area contributed by atoms with Crippen LogP contribution in [0.15, 0.2) is 51.4 Å². The van der Waals surface area contributed by atoms with Crippen LogP contribution in [0.4, 0.5) is 10.4 Å². The number of hydrogen-bond donors (Lipinski definition) is 1. The summed E-state index contributed by atoms with van der Waals surface area (Å²) in [4.78, 5) is 0. The average Bonchev–Trinajstić information content (AvgIpc) is 2.94. The molecule has 0 aliphatic carbocycles. The summed E-state index contributed by atoms with van der Waals surface area (Å²) in [6.07, 6.45) is 0. The van der Waals surface area contributed by atoms with Crippen molar-refractivity contribution in [1.82, 2.24) is 10.2 Å².